The summed E-state index contributed by atoms with van der Waals surface area (Å²) in [5.74, 6) is 0.468. The maximum atomic E-state index is 14.3. The van der Waals surface area contributed by atoms with Crippen molar-refractivity contribution in [3.8, 4) is 11.4 Å². The summed E-state index contributed by atoms with van der Waals surface area (Å²) in [6.07, 6.45) is 15.2. The molecule has 2 nitrogen and oxygen atoms in total. The molecule has 0 aliphatic carbocycles. The van der Waals surface area contributed by atoms with Gasteiger partial charge in [-0.1, -0.05) is 64.5 Å². The molecule has 0 spiro atoms. The smallest absolute Gasteiger partial charge is 0.159 e. The van der Waals surface area contributed by atoms with Gasteiger partial charge in [-0.2, -0.15) is 0 Å². The van der Waals surface area contributed by atoms with Gasteiger partial charge in [0, 0.05) is 18.0 Å². The zero-order chi connectivity index (χ0) is 17.9. The molecule has 0 unspecified atom stereocenters. The van der Waals surface area contributed by atoms with Gasteiger partial charge in [0.15, 0.2) is 5.82 Å². The van der Waals surface area contributed by atoms with Gasteiger partial charge in [0.1, 0.15) is 5.82 Å². The van der Waals surface area contributed by atoms with E-state index in [0.29, 0.717) is 5.82 Å². The number of halogens is 1. The summed E-state index contributed by atoms with van der Waals surface area (Å²) in [6, 6.07) is 5.40. The molecular weight excluding hydrogens is 311 g/mol. The van der Waals surface area contributed by atoms with E-state index in [9.17, 15) is 4.39 Å². The van der Waals surface area contributed by atoms with Crippen molar-refractivity contribution in [3.63, 3.8) is 0 Å². The van der Waals surface area contributed by atoms with Crippen molar-refractivity contribution < 1.29 is 4.39 Å². The van der Waals surface area contributed by atoms with E-state index in [2.05, 4.69) is 23.8 Å². The Kier molecular flexibility index (Phi) is 8.58. The fourth-order valence-electron chi connectivity index (χ4n) is 3.02. The van der Waals surface area contributed by atoms with Crippen molar-refractivity contribution in [2.45, 2.75) is 78.1 Å². The Bertz CT molecular complexity index is 622. The van der Waals surface area contributed by atoms with Gasteiger partial charge in [-0.15, -0.1) is 0 Å². The quantitative estimate of drug-likeness (QED) is 0.434. The van der Waals surface area contributed by atoms with Crippen LogP contribution in [0.15, 0.2) is 30.6 Å². The van der Waals surface area contributed by atoms with Gasteiger partial charge in [0.2, 0.25) is 0 Å². The van der Waals surface area contributed by atoms with E-state index < -0.39 is 0 Å². The van der Waals surface area contributed by atoms with Crippen LogP contribution in [-0.4, -0.2) is 9.97 Å². The lowest BCUT2D eigenvalue weighted by Gasteiger charge is -2.07. The number of hydrogen-bond acceptors (Lipinski definition) is 2. The minimum atomic E-state index is -0.138. The van der Waals surface area contributed by atoms with Crippen LogP contribution in [0.3, 0.4) is 0 Å². The van der Waals surface area contributed by atoms with E-state index >= 15 is 0 Å². The van der Waals surface area contributed by atoms with Crippen LogP contribution in [0.25, 0.3) is 11.4 Å². The summed E-state index contributed by atoms with van der Waals surface area (Å²) in [5.41, 5.74) is 2.72. The number of hydrogen-bond donors (Lipinski definition) is 0. The highest BCUT2D eigenvalue weighted by molar-refractivity contribution is 5.55. The molecule has 2 aromatic rings. The second kappa shape index (κ2) is 11.0. The molecule has 0 N–H and O–H groups in total. The van der Waals surface area contributed by atoms with Crippen LogP contribution in [0, 0.1) is 5.82 Å². The third kappa shape index (κ3) is 6.56. The summed E-state index contributed by atoms with van der Waals surface area (Å²) in [6.45, 7) is 4.40. The largest absolute Gasteiger partial charge is 0.236 e. The highest BCUT2D eigenvalue weighted by Crippen LogP contribution is 2.20. The maximum Gasteiger partial charge on any atom is 0.159 e. The molecule has 0 aliphatic rings. The van der Waals surface area contributed by atoms with Crippen molar-refractivity contribution >= 4 is 0 Å². The van der Waals surface area contributed by atoms with E-state index in [1.165, 1.54) is 44.9 Å². The summed E-state index contributed by atoms with van der Waals surface area (Å²) in [4.78, 5) is 8.85. The molecule has 1 aromatic carbocycles. The molecule has 25 heavy (non-hydrogen) atoms. The Morgan fingerprint density at radius 2 is 1.44 bits per heavy atom. The maximum absolute atomic E-state index is 14.3. The number of nitrogens with zero attached hydrogens (tertiary/aromatic N) is 2. The molecule has 0 amide bonds. The molecular formula is C22H31FN2. The summed E-state index contributed by atoms with van der Waals surface area (Å²) in [7, 11) is 0. The van der Waals surface area contributed by atoms with Crippen molar-refractivity contribution in [3.05, 3.63) is 47.5 Å². The van der Waals surface area contributed by atoms with Gasteiger partial charge in [-0.05, 0) is 42.9 Å². The molecule has 2 rings (SSSR count). The van der Waals surface area contributed by atoms with Crippen LogP contribution in [0.1, 0.15) is 76.3 Å². The minimum Gasteiger partial charge on any atom is -0.236 e. The predicted octanol–water partition coefficient (Wildman–Crippen LogP) is 6.53. The van der Waals surface area contributed by atoms with Crippen LogP contribution in [0.5, 0.6) is 0 Å². The van der Waals surface area contributed by atoms with E-state index in [0.717, 1.165) is 36.0 Å². The monoisotopic (exact) mass is 342 g/mol. The molecule has 136 valence electrons. The fourth-order valence-corrected chi connectivity index (χ4v) is 3.02. The highest BCUT2D eigenvalue weighted by atomic mass is 19.1. The Morgan fingerprint density at radius 3 is 2.04 bits per heavy atom. The molecule has 0 fully saturated rings. The third-order valence-electron chi connectivity index (χ3n) is 4.64. The molecule has 1 aromatic heterocycles. The summed E-state index contributed by atoms with van der Waals surface area (Å²) < 4.78 is 14.3. The average molecular weight is 343 g/mol. The second-order valence-corrected chi connectivity index (χ2v) is 6.84. The topological polar surface area (TPSA) is 25.8 Å². The first-order chi connectivity index (χ1) is 12.2. The molecule has 3 heteroatoms. The van der Waals surface area contributed by atoms with Crippen molar-refractivity contribution in [1.82, 2.24) is 9.97 Å². The van der Waals surface area contributed by atoms with Gasteiger partial charge >= 0.3 is 0 Å². The number of rotatable bonds is 11. The molecule has 0 atom stereocenters. The van der Waals surface area contributed by atoms with Gasteiger partial charge in [-0.25, -0.2) is 14.4 Å². The van der Waals surface area contributed by atoms with Crippen molar-refractivity contribution in [1.29, 1.82) is 0 Å². The van der Waals surface area contributed by atoms with Crippen LogP contribution in [0.2, 0.25) is 0 Å². The molecule has 0 bridgehead atoms. The molecule has 1 heterocycles. The van der Waals surface area contributed by atoms with E-state index in [1.807, 2.05) is 24.5 Å². The van der Waals surface area contributed by atoms with E-state index in [1.54, 1.807) is 6.07 Å². The Hall–Kier alpha value is -1.77. The zero-order valence-corrected chi connectivity index (χ0v) is 15.7. The summed E-state index contributed by atoms with van der Waals surface area (Å²) in [5, 5.41) is 0. The fraction of sp³-hybridized carbons (Fsp3) is 0.545. The van der Waals surface area contributed by atoms with Crippen molar-refractivity contribution in [2.75, 3.05) is 0 Å². The van der Waals surface area contributed by atoms with Crippen molar-refractivity contribution in [2.24, 2.45) is 0 Å². The first-order valence-electron chi connectivity index (χ1n) is 9.84. The lowest BCUT2D eigenvalue weighted by Crippen LogP contribution is -1.96. The normalized spacial score (nSPS) is 11.0. The number of aryl methyl sites for hydroxylation is 2. The van der Waals surface area contributed by atoms with Gasteiger partial charge in [-0.3, -0.25) is 0 Å². The number of benzene rings is 1. The molecule has 0 saturated heterocycles. The van der Waals surface area contributed by atoms with Crippen LogP contribution in [0.4, 0.5) is 4.39 Å². The third-order valence-corrected chi connectivity index (χ3v) is 4.64. The van der Waals surface area contributed by atoms with Crippen LogP contribution in [-0.2, 0) is 12.8 Å². The van der Waals surface area contributed by atoms with E-state index in [4.69, 9.17) is 0 Å². The molecule has 0 aliphatic heterocycles. The minimum absolute atomic E-state index is 0.138. The lowest BCUT2D eigenvalue weighted by molar-refractivity contribution is 0.594. The predicted molar refractivity (Wildman–Crippen MR) is 103 cm³/mol. The second-order valence-electron chi connectivity index (χ2n) is 6.84. The van der Waals surface area contributed by atoms with Gasteiger partial charge < -0.3 is 0 Å². The zero-order valence-electron chi connectivity index (χ0n) is 15.7. The summed E-state index contributed by atoms with van der Waals surface area (Å²) >= 11 is 0. The SMILES string of the molecule is CCCCCCc1cnc(-c2ccc(CCCCCC)c(F)c2)nc1. The Labute approximate surface area is 151 Å². The molecule has 0 saturated carbocycles. The van der Waals surface area contributed by atoms with Crippen LogP contribution < -0.4 is 0 Å². The first kappa shape index (κ1) is 19.6. The Morgan fingerprint density at radius 1 is 0.800 bits per heavy atom. The lowest BCUT2D eigenvalue weighted by atomic mass is 10.0. The molecule has 0 radical (unpaired) electrons. The van der Waals surface area contributed by atoms with E-state index in [-0.39, 0.29) is 5.82 Å². The van der Waals surface area contributed by atoms with Crippen LogP contribution >= 0.6 is 0 Å². The Balaban J connectivity index is 1.93. The standard InChI is InChI=1S/C22H31FN2/c1-3-5-7-9-11-18-16-24-22(25-17-18)20-14-13-19(21(23)15-20)12-10-8-6-4-2/h13-17H,3-12H2,1-2H3. The first-order valence-corrected chi connectivity index (χ1v) is 9.84. The average Bonchev–Trinajstić information content (AvgIpc) is 2.64. The number of unbranched alkanes of at least 4 members (excludes halogenated alkanes) is 6. The van der Waals surface area contributed by atoms with Gasteiger partial charge in [0.05, 0.1) is 0 Å². The number of aromatic nitrogens is 2. The van der Waals surface area contributed by atoms with Gasteiger partial charge in [0.25, 0.3) is 0 Å². The highest BCUT2D eigenvalue weighted by Gasteiger charge is 2.07.